The van der Waals surface area contributed by atoms with Gasteiger partial charge in [0, 0.05) is 12.1 Å². The molecule has 0 aliphatic heterocycles. The maximum atomic E-state index is 11.9. The van der Waals surface area contributed by atoms with Gasteiger partial charge in [-0.2, -0.15) is 0 Å². The second-order valence-corrected chi connectivity index (χ2v) is 3.87. The van der Waals surface area contributed by atoms with Gasteiger partial charge in [0.2, 0.25) is 0 Å². The van der Waals surface area contributed by atoms with Gasteiger partial charge in [-0.15, -0.1) is 0 Å². The highest BCUT2D eigenvalue weighted by molar-refractivity contribution is 5.94. The molecule has 1 heterocycles. The van der Waals surface area contributed by atoms with E-state index in [9.17, 15) is 4.79 Å². The molecule has 0 radical (unpaired) electrons. The zero-order chi connectivity index (χ0) is 12.8. The number of benzene rings is 1. The SMILES string of the molecule is COc1cccc(C(=O)NCCc2ccoc2)c1. The summed E-state index contributed by atoms with van der Waals surface area (Å²) < 4.78 is 10.0. The van der Waals surface area contributed by atoms with E-state index in [4.69, 9.17) is 9.15 Å². The predicted molar refractivity (Wildman–Crippen MR) is 67.7 cm³/mol. The van der Waals surface area contributed by atoms with Gasteiger partial charge in [-0.1, -0.05) is 6.07 Å². The zero-order valence-electron chi connectivity index (χ0n) is 10.2. The Morgan fingerprint density at radius 2 is 2.28 bits per heavy atom. The third-order valence-corrected chi connectivity index (χ3v) is 2.61. The van der Waals surface area contributed by atoms with Gasteiger partial charge in [0.1, 0.15) is 5.75 Å². The van der Waals surface area contributed by atoms with Crippen LogP contribution < -0.4 is 10.1 Å². The fourth-order valence-corrected chi connectivity index (χ4v) is 1.62. The van der Waals surface area contributed by atoms with Gasteiger partial charge in [0.25, 0.3) is 5.91 Å². The average molecular weight is 245 g/mol. The van der Waals surface area contributed by atoms with E-state index in [2.05, 4.69) is 5.32 Å². The second kappa shape index (κ2) is 5.91. The first-order valence-electron chi connectivity index (χ1n) is 5.73. The lowest BCUT2D eigenvalue weighted by Crippen LogP contribution is -2.25. The molecule has 2 rings (SSSR count). The van der Waals surface area contributed by atoms with Gasteiger partial charge in [-0.25, -0.2) is 0 Å². The molecule has 2 aromatic rings. The fraction of sp³-hybridized carbons (Fsp3) is 0.214. The van der Waals surface area contributed by atoms with Gasteiger partial charge in [-0.3, -0.25) is 4.79 Å². The number of amides is 1. The number of rotatable bonds is 5. The van der Waals surface area contributed by atoms with E-state index < -0.39 is 0 Å². The van der Waals surface area contributed by atoms with Crippen LogP contribution in [0.25, 0.3) is 0 Å². The van der Waals surface area contributed by atoms with Gasteiger partial charge >= 0.3 is 0 Å². The summed E-state index contributed by atoms with van der Waals surface area (Å²) in [6.07, 6.45) is 4.06. The molecule has 0 saturated heterocycles. The molecular formula is C14H15NO3. The number of furan rings is 1. The Labute approximate surface area is 106 Å². The Bertz CT molecular complexity index is 506. The van der Waals surface area contributed by atoms with Crippen LogP contribution in [0.1, 0.15) is 15.9 Å². The minimum absolute atomic E-state index is 0.0996. The van der Waals surface area contributed by atoms with Crippen molar-refractivity contribution >= 4 is 5.91 Å². The maximum absolute atomic E-state index is 11.9. The topological polar surface area (TPSA) is 51.5 Å². The van der Waals surface area contributed by atoms with Crippen molar-refractivity contribution in [1.82, 2.24) is 5.32 Å². The quantitative estimate of drug-likeness (QED) is 0.879. The first-order valence-corrected chi connectivity index (χ1v) is 5.73. The summed E-state index contributed by atoms with van der Waals surface area (Å²) >= 11 is 0. The van der Waals surface area contributed by atoms with Crippen LogP contribution >= 0.6 is 0 Å². The molecular weight excluding hydrogens is 230 g/mol. The van der Waals surface area contributed by atoms with Crippen LogP contribution in [0.2, 0.25) is 0 Å². The third-order valence-electron chi connectivity index (χ3n) is 2.61. The summed E-state index contributed by atoms with van der Waals surface area (Å²) in [6, 6.07) is 8.96. The molecule has 0 saturated carbocycles. The molecule has 0 atom stereocenters. The Morgan fingerprint density at radius 1 is 1.39 bits per heavy atom. The van der Waals surface area contributed by atoms with Crippen molar-refractivity contribution in [2.75, 3.05) is 13.7 Å². The van der Waals surface area contributed by atoms with Crippen LogP contribution in [0.4, 0.5) is 0 Å². The van der Waals surface area contributed by atoms with Crippen LogP contribution in [0.15, 0.2) is 47.3 Å². The molecule has 94 valence electrons. The maximum Gasteiger partial charge on any atom is 0.251 e. The molecule has 0 unspecified atom stereocenters. The molecule has 0 aliphatic carbocycles. The summed E-state index contributed by atoms with van der Waals surface area (Å²) in [7, 11) is 1.58. The molecule has 0 fully saturated rings. The predicted octanol–water partition coefficient (Wildman–Crippen LogP) is 2.26. The van der Waals surface area contributed by atoms with Crippen LogP contribution in [-0.4, -0.2) is 19.6 Å². The summed E-state index contributed by atoms with van der Waals surface area (Å²) in [5.41, 5.74) is 1.67. The van der Waals surface area contributed by atoms with Crippen LogP contribution in [0, 0.1) is 0 Å². The monoisotopic (exact) mass is 245 g/mol. The number of ether oxygens (including phenoxy) is 1. The first-order chi connectivity index (χ1) is 8.79. The van der Waals surface area contributed by atoms with E-state index in [1.165, 1.54) is 0 Å². The number of methoxy groups -OCH3 is 1. The average Bonchev–Trinajstić information content (AvgIpc) is 2.92. The highest BCUT2D eigenvalue weighted by Crippen LogP contribution is 2.12. The van der Waals surface area contributed by atoms with Crippen LogP contribution in [0.3, 0.4) is 0 Å². The zero-order valence-corrected chi connectivity index (χ0v) is 10.2. The first kappa shape index (κ1) is 12.2. The number of hydrogen-bond acceptors (Lipinski definition) is 3. The molecule has 4 heteroatoms. The van der Waals surface area contributed by atoms with Crippen LogP contribution in [0.5, 0.6) is 5.75 Å². The Balaban J connectivity index is 1.87. The molecule has 0 aliphatic rings. The van der Waals surface area contributed by atoms with Gasteiger partial charge < -0.3 is 14.5 Å². The van der Waals surface area contributed by atoms with Crippen molar-refractivity contribution in [2.45, 2.75) is 6.42 Å². The van der Waals surface area contributed by atoms with E-state index in [1.54, 1.807) is 37.8 Å². The third kappa shape index (κ3) is 3.13. The van der Waals surface area contributed by atoms with Gasteiger partial charge in [-0.05, 0) is 36.2 Å². The van der Waals surface area contributed by atoms with Crippen molar-refractivity contribution in [3.63, 3.8) is 0 Å². The van der Waals surface area contributed by atoms with E-state index in [-0.39, 0.29) is 5.91 Å². The summed E-state index contributed by atoms with van der Waals surface area (Å²) in [6.45, 7) is 0.579. The molecule has 0 spiro atoms. The van der Waals surface area contributed by atoms with Gasteiger partial charge in [0.15, 0.2) is 0 Å². The van der Waals surface area contributed by atoms with E-state index in [0.29, 0.717) is 17.9 Å². The summed E-state index contributed by atoms with van der Waals surface area (Å²) in [5.74, 6) is 0.579. The van der Waals surface area contributed by atoms with Gasteiger partial charge in [0.05, 0.1) is 19.6 Å². The minimum Gasteiger partial charge on any atom is -0.497 e. The lowest BCUT2D eigenvalue weighted by atomic mass is 10.2. The Hall–Kier alpha value is -2.23. The number of nitrogens with one attached hydrogen (secondary N) is 1. The standard InChI is InChI=1S/C14H15NO3/c1-17-13-4-2-3-12(9-13)14(16)15-7-5-11-6-8-18-10-11/h2-4,6,8-10H,5,7H2,1H3,(H,15,16). The number of carbonyl (C=O) groups excluding carboxylic acids is 1. The Morgan fingerprint density at radius 3 is 3.00 bits per heavy atom. The highest BCUT2D eigenvalue weighted by Gasteiger charge is 2.05. The normalized spacial score (nSPS) is 10.1. The molecule has 4 nitrogen and oxygen atoms in total. The van der Waals surface area contributed by atoms with E-state index in [1.807, 2.05) is 12.1 Å². The highest BCUT2D eigenvalue weighted by atomic mass is 16.5. The van der Waals surface area contributed by atoms with Crippen LogP contribution in [-0.2, 0) is 6.42 Å². The summed E-state index contributed by atoms with van der Waals surface area (Å²) in [4.78, 5) is 11.9. The fourth-order valence-electron chi connectivity index (χ4n) is 1.62. The molecule has 1 N–H and O–H groups in total. The molecule has 0 bridgehead atoms. The largest absolute Gasteiger partial charge is 0.497 e. The summed E-state index contributed by atoms with van der Waals surface area (Å²) in [5, 5.41) is 2.85. The smallest absolute Gasteiger partial charge is 0.251 e. The van der Waals surface area contributed by atoms with E-state index >= 15 is 0 Å². The van der Waals surface area contributed by atoms with E-state index in [0.717, 1.165) is 12.0 Å². The lowest BCUT2D eigenvalue weighted by molar-refractivity contribution is 0.0954. The van der Waals surface area contributed by atoms with Crippen molar-refractivity contribution in [2.24, 2.45) is 0 Å². The number of carbonyl (C=O) groups is 1. The van der Waals surface area contributed by atoms with Crippen molar-refractivity contribution < 1.29 is 13.9 Å². The minimum atomic E-state index is -0.0996. The molecule has 1 amide bonds. The molecule has 18 heavy (non-hydrogen) atoms. The lowest BCUT2D eigenvalue weighted by Gasteiger charge is -2.05. The van der Waals surface area contributed by atoms with Crippen molar-refractivity contribution in [3.05, 3.63) is 54.0 Å². The molecule has 1 aromatic heterocycles. The van der Waals surface area contributed by atoms with Crippen molar-refractivity contribution in [3.8, 4) is 5.75 Å². The molecule has 1 aromatic carbocycles. The van der Waals surface area contributed by atoms with Crippen molar-refractivity contribution in [1.29, 1.82) is 0 Å². The Kier molecular flexibility index (Phi) is 4.02. The number of hydrogen-bond donors (Lipinski definition) is 1. The second-order valence-electron chi connectivity index (χ2n) is 3.87.